The van der Waals surface area contributed by atoms with Crippen molar-refractivity contribution in [3.63, 3.8) is 0 Å². The minimum absolute atomic E-state index is 0.231. The molecule has 2 aromatic carbocycles. The van der Waals surface area contributed by atoms with Gasteiger partial charge in [-0.05, 0) is 74.8 Å². The first-order valence-corrected chi connectivity index (χ1v) is 11.6. The molecule has 0 saturated carbocycles. The predicted molar refractivity (Wildman–Crippen MR) is 129 cm³/mol. The van der Waals surface area contributed by atoms with Crippen molar-refractivity contribution in [2.45, 2.75) is 19.4 Å². The number of hydrogen-bond acceptors (Lipinski definition) is 6. The lowest BCUT2D eigenvalue weighted by Gasteiger charge is -2.29. The maximum atomic E-state index is 9.26. The standard InChI is InChI=1S/C27H25N5O2/c1-31-10-8-19(9-11-31)15-32-16-30-27-22(32)14-29-26(21-6-7-23-24(12-21)34-17-33-23)25(27)20-4-2-18(13-28)3-5-20/h2-7,12,14,16,19H,8-11,15,17H2,1H3. The third-order valence-corrected chi connectivity index (χ3v) is 6.91. The van der Waals surface area contributed by atoms with Crippen molar-refractivity contribution in [2.75, 3.05) is 26.9 Å². The molecule has 7 nitrogen and oxygen atoms in total. The van der Waals surface area contributed by atoms with E-state index in [0.717, 1.165) is 64.6 Å². The Kier molecular flexibility index (Phi) is 5.16. The molecule has 2 aromatic heterocycles. The van der Waals surface area contributed by atoms with Crippen LogP contribution in [0.5, 0.6) is 11.5 Å². The number of piperidine rings is 1. The molecule has 6 rings (SSSR count). The van der Waals surface area contributed by atoms with E-state index in [1.165, 1.54) is 12.8 Å². The molecule has 170 valence electrons. The highest BCUT2D eigenvalue weighted by Crippen LogP contribution is 2.40. The number of likely N-dealkylation sites (tertiary alicyclic amines) is 1. The topological polar surface area (TPSA) is 76.2 Å². The van der Waals surface area contributed by atoms with Crippen molar-refractivity contribution in [1.82, 2.24) is 19.4 Å². The van der Waals surface area contributed by atoms with Crippen LogP contribution in [0.4, 0.5) is 0 Å². The molecule has 0 aliphatic carbocycles. The third-order valence-electron chi connectivity index (χ3n) is 6.91. The largest absolute Gasteiger partial charge is 0.454 e. The van der Waals surface area contributed by atoms with Crippen molar-refractivity contribution in [3.05, 3.63) is 60.6 Å². The van der Waals surface area contributed by atoms with Crippen LogP contribution < -0.4 is 9.47 Å². The molecule has 0 bridgehead atoms. The van der Waals surface area contributed by atoms with E-state index in [9.17, 15) is 5.26 Å². The Labute approximate surface area is 198 Å². The minimum atomic E-state index is 0.231. The highest BCUT2D eigenvalue weighted by molar-refractivity contribution is 5.99. The zero-order valence-electron chi connectivity index (χ0n) is 19.1. The van der Waals surface area contributed by atoms with Crippen molar-refractivity contribution < 1.29 is 9.47 Å². The number of ether oxygens (including phenoxy) is 2. The summed E-state index contributed by atoms with van der Waals surface area (Å²) in [6.45, 7) is 3.46. The van der Waals surface area contributed by atoms with Gasteiger partial charge in [0.2, 0.25) is 6.79 Å². The van der Waals surface area contributed by atoms with Crippen LogP contribution in [0.2, 0.25) is 0 Å². The van der Waals surface area contributed by atoms with Gasteiger partial charge in [-0.2, -0.15) is 5.26 Å². The van der Waals surface area contributed by atoms with Gasteiger partial charge < -0.3 is 18.9 Å². The zero-order chi connectivity index (χ0) is 23.1. The van der Waals surface area contributed by atoms with E-state index in [4.69, 9.17) is 19.4 Å². The lowest BCUT2D eigenvalue weighted by molar-refractivity contribution is 0.174. The van der Waals surface area contributed by atoms with Gasteiger partial charge in [-0.15, -0.1) is 0 Å². The summed E-state index contributed by atoms with van der Waals surface area (Å²) in [5, 5.41) is 9.26. The highest BCUT2D eigenvalue weighted by Gasteiger charge is 2.22. The molecule has 7 heteroatoms. The second-order valence-electron chi connectivity index (χ2n) is 9.12. The predicted octanol–water partition coefficient (Wildman–Crippen LogP) is 4.71. The second kappa shape index (κ2) is 8.47. The van der Waals surface area contributed by atoms with Gasteiger partial charge in [0.1, 0.15) is 5.52 Å². The average molecular weight is 452 g/mol. The molecule has 0 spiro atoms. The molecule has 0 atom stereocenters. The molecule has 1 fully saturated rings. The molecule has 2 aliphatic heterocycles. The summed E-state index contributed by atoms with van der Waals surface area (Å²) < 4.78 is 13.3. The molecule has 0 N–H and O–H groups in total. The summed E-state index contributed by atoms with van der Waals surface area (Å²) >= 11 is 0. The van der Waals surface area contributed by atoms with Crippen molar-refractivity contribution in [1.29, 1.82) is 5.26 Å². The smallest absolute Gasteiger partial charge is 0.231 e. The van der Waals surface area contributed by atoms with Gasteiger partial charge in [0, 0.05) is 17.7 Å². The Bertz CT molecular complexity index is 1400. The highest BCUT2D eigenvalue weighted by atomic mass is 16.7. The number of benzene rings is 2. The minimum Gasteiger partial charge on any atom is -0.454 e. The number of hydrogen-bond donors (Lipinski definition) is 0. The number of pyridine rings is 1. The van der Waals surface area contributed by atoms with E-state index in [1.807, 2.05) is 55.0 Å². The number of aromatic nitrogens is 3. The molecule has 4 heterocycles. The zero-order valence-corrected chi connectivity index (χ0v) is 19.1. The molecule has 2 aliphatic rings. The Morgan fingerprint density at radius 1 is 1.00 bits per heavy atom. The third kappa shape index (κ3) is 3.66. The van der Waals surface area contributed by atoms with E-state index in [0.29, 0.717) is 11.5 Å². The van der Waals surface area contributed by atoms with Gasteiger partial charge in [-0.3, -0.25) is 4.98 Å². The average Bonchev–Trinajstić information content (AvgIpc) is 3.51. The Morgan fingerprint density at radius 2 is 1.76 bits per heavy atom. The first-order chi connectivity index (χ1) is 16.7. The van der Waals surface area contributed by atoms with Crippen molar-refractivity contribution >= 4 is 11.0 Å². The number of fused-ring (bicyclic) bond motifs is 2. The van der Waals surface area contributed by atoms with Gasteiger partial charge in [-0.25, -0.2) is 4.98 Å². The molecule has 0 amide bonds. The van der Waals surface area contributed by atoms with Gasteiger partial charge in [-0.1, -0.05) is 12.1 Å². The first kappa shape index (κ1) is 20.7. The van der Waals surface area contributed by atoms with E-state index >= 15 is 0 Å². The van der Waals surface area contributed by atoms with Crippen molar-refractivity contribution in [3.8, 4) is 40.0 Å². The van der Waals surface area contributed by atoms with Crippen molar-refractivity contribution in [2.24, 2.45) is 5.92 Å². The Morgan fingerprint density at radius 3 is 2.56 bits per heavy atom. The summed E-state index contributed by atoms with van der Waals surface area (Å²) in [5.41, 5.74) is 6.29. The second-order valence-corrected chi connectivity index (χ2v) is 9.12. The van der Waals surface area contributed by atoms with E-state index in [1.54, 1.807) is 0 Å². The van der Waals surface area contributed by atoms with Crippen LogP contribution in [-0.4, -0.2) is 46.4 Å². The monoisotopic (exact) mass is 451 g/mol. The maximum Gasteiger partial charge on any atom is 0.231 e. The normalized spacial score (nSPS) is 16.1. The molecular weight excluding hydrogens is 426 g/mol. The van der Waals surface area contributed by atoms with Gasteiger partial charge in [0.15, 0.2) is 11.5 Å². The fourth-order valence-electron chi connectivity index (χ4n) is 4.94. The SMILES string of the molecule is CN1CCC(Cn2cnc3c(-c4ccc(C#N)cc4)c(-c4ccc5c(c4)OCO5)ncc32)CC1. The van der Waals surface area contributed by atoms with Crippen LogP contribution in [0.1, 0.15) is 18.4 Å². The van der Waals surface area contributed by atoms with Crippen LogP contribution in [0.3, 0.4) is 0 Å². The Hall–Kier alpha value is -3.89. The summed E-state index contributed by atoms with van der Waals surface area (Å²) in [6.07, 6.45) is 6.27. The lowest BCUT2D eigenvalue weighted by atomic mass is 9.96. The van der Waals surface area contributed by atoms with Crippen LogP contribution in [-0.2, 0) is 6.54 Å². The first-order valence-electron chi connectivity index (χ1n) is 11.6. The maximum absolute atomic E-state index is 9.26. The molecule has 0 unspecified atom stereocenters. The van der Waals surface area contributed by atoms with E-state index in [-0.39, 0.29) is 6.79 Å². The van der Waals surface area contributed by atoms with Gasteiger partial charge in [0.25, 0.3) is 0 Å². The molecule has 4 aromatic rings. The quantitative estimate of drug-likeness (QED) is 0.447. The number of nitriles is 1. The summed E-state index contributed by atoms with van der Waals surface area (Å²) in [6, 6.07) is 15.7. The molecule has 0 radical (unpaired) electrons. The summed E-state index contributed by atoms with van der Waals surface area (Å²) in [7, 11) is 2.19. The molecule has 1 saturated heterocycles. The fourth-order valence-corrected chi connectivity index (χ4v) is 4.94. The lowest BCUT2D eigenvalue weighted by Crippen LogP contribution is -2.31. The van der Waals surface area contributed by atoms with E-state index < -0.39 is 0 Å². The molecule has 34 heavy (non-hydrogen) atoms. The number of imidazole rings is 1. The van der Waals surface area contributed by atoms with Gasteiger partial charge in [0.05, 0.1) is 35.4 Å². The van der Waals surface area contributed by atoms with Crippen LogP contribution >= 0.6 is 0 Å². The van der Waals surface area contributed by atoms with Gasteiger partial charge >= 0.3 is 0 Å². The number of nitrogens with zero attached hydrogens (tertiary/aromatic N) is 5. The Balaban J connectivity index is 1.47. The van der Waals surface area contributed by atoms with Crippen LogP contribution in [0, 0.1) is 17.2 Å². The number of rotatable bonds is 4. The fraction of sp³-hybridized carbons (Fsp3) is 0.296. The van der Waals surface area contributed by atoms with Crippen LogP contribution in [0.25, 0.3) is 33.4 Å². The molecular formula is C27H25N5O2. The summed E-state index contributed by atoms with van der Waals surface area (Å²) in [5.74, 6) is 2.10. The van der Waals surface area contributed by atoms with Crippen LogP contribution in [0.15, 0.2) is 55.0 Å². The summed E-state index contributed by atoms with van der Waals surface area (Å²) in [4.78, 5) is 12.2. The van der Waals surface area contributed by atoms with E-state index in [2.05, 4.69) is 22.6 Å².